The molecule has 136 valence electrons. The van der Waals surface area contributed by atoms with Crippen molar-refractivity contribution >= 4 is 29.1 Å². The van der Waals surface area contributed by atoms with Crippen LogP contribution in [-0.2, 0) is 4.74 Å². The number of anilines is 1. The van der Waals surface area contributed by atoms with Crippen molar-refractivity contribution < 1.29 is 19.1 Å². The molecule has 1 aliphatic heterocycles. The summed E-state index contributed by atoms with van der Waals surface area (Å²) in [6.07, 6.45) is 0. The molecular formula is C19H19ClN2O4. The normalized spacial score (nSPS) is 14.0. The van der Waals surface area contributed by atoms with Gasteiger partial charge in [-0.05, 0) is 30.3 Å². The molecule has 1 saturated heterocycles. The van der Waals surface area contributed by atoms with E-state index in [4.69, 9.17) is 21.1 Å². The highest BCUT2D eigenvalue weighted by molar-refractivity contribution is 6.32. The van der Waals surface area contributed by atoms with Crippen LogP contribution >= 0.6 is 11.6 Å². The van der Waals surface area contributed by atoms with E-state index in [1.54, 1.807) is 41.3 Å². The maximum absolute atomic E-state index is 12.8. The van der Waals surface area contributed by atoms with Gasteiger partial charge in [0.1, 0.15) is 5.75 Å². The number of methoxy groups -OCH3 is 1. The molecule has 2 aromatic carbocycles. The molecule has 7 heteroatoms. The van der Waals surface area contributed by atoms with Gasteiger partial charge >= 0.3 is 0 Å². The summed E-state index contributed by atoms with van der Waals surface area (Å²) in [6, 6.07) is 11.7. The number of hydrogen-bond donors (Lipinski definition) is 1. The van der Waals surface area contributed by atoms with Gasteiger partial charge in [0.05, 0.1) is 36.6 Å². The number of rotatable bonds is 4. The Hall–Kier alpha value is -2.57. The van der Waals surface area contributed by atoms with E-state index in [1.165, 1.54) is 13.2 Å². The predicted molar refractivity (Wildman–Crippen MR) is 99.1 cm³/mol. The van der Waals surface area contributed by atoms with Crippen LogP contribution in [0.1, 0.15) is 20.7 Å². The summed E-state index contributed by atoms with van der Waals surface area (Å²) in [7, 11) is 1.51. The highest BCUT2D eigenvalue weighted by Crippen LogP contribution is 2.26. The van der Waals surface area contributed by atoms with Crippen LogP contribution in [0.3, 0.4) is 0 Å². The zero-order valence-electron chi connectivity index (χ0n) is 14.3. The zero-order valence-corrected chi connectivity index (χ0v) is 15.1. The van der Waals surface area contributed by atoms with Gasteiger partial charge in [0.25, 0.3) is 11.8 Å². The highest BCUT2D eigenvalue weighted by Gasteiger charge is 2.21. The van der Waals surface area contributed by atoms with Crippen molar-refractivity contribution in [1.82, 2.24) is 4.90 Å². The summed E-state index contributed by atoms with van der Waals surface area (Å²) in [4.78, 5) is 27.0. The quantitative estimate of drug-likeness (QED) is 0.893. The third-order valence-corrected chi connectivity index (χ3v) is 4.41. The van der Waals surface area contributed by atoms with Gasteiger partial charge in [-0.2, -0.15) is 0 Å². The number of nitrogens with zero attached hydrogens (tertiary/aromatic N) is 1. The van der Waals surface area contributed by atoms with Crippen LogP contribution in [0.25, 0.3) is 0 Å². The first-order valence-electron chi connectivity index (χ1n) is 8.21. The first kappa shape index (κ1) is 18.2. The SMILES string of the molecule is COc1ccc(C(=O)Nc2ccccc2C(=O)N2CCOCC2)cc1Cl. The summed E-state index contributed by atoms with van der Waals surface area (Å²) in [5, 5.41) is 3.14. The molecule has 1 fully saturated rings. The van der Waals surface area contributed by atoms with Crippen LogP contribution in [0.2, 0.25) is 5.02 Å². The molecule has 0 aliphatic carbocycles. The Morgan fingerprint density at radius 2 is 1.88 bits per heavy atom. The molecule has 26 heavy (non-hydrogen) atoms. The molecule has 0 spiro atoms. The summed E-state index contributed by atoms with van der Waals surface area (Å²) >= 11 is 6.08. The number of nitrogens with one attached hydrogen (secondary N) is 1. The number of morpholine rings is 1. The summed E-state index contributed by atoms with van der Waals surface area (Å²) in [5.41, 5.74) is 1.28. The molecule has 1 heterocycles. The minimum absolute atomic E-state index is 0.128. The van der Waals surface area contributed by atoms with Crippen LogP contribution < -0.4 is 10.1 Å². The van der Waals surface area contributed by atoms with Crippen LogP contribution in [0.4, 0.5) is 5.69 Å². The Kier molecular flexibility index (Phi) is 5.75. The largest absolute Gasteiger partial charge is 0.495 e. The van der Waals surface area contributed by atoms with Crippen LogP contribution in [0, 0.1) is 0 Å². The molecule has 1 aliphatic rings. The second-order valence-corrected chi connectivity index (χ2v) is 6.16. The second kappa shape index (κ2) is 8.21. The van der Waals surface area contributed by atoms with E-state index < -0.39 is 0 Å². The molecule has 0 saturated carbocycles. The van der Waals surface area contributed by atoms with E-state index in [9.17, 15) is 9.59 Å². The first-order valence-corrected chi connectivity index (χ1v) is 8.59. The monoisotopic (exact) mass is 374 g/mol. The molecule has 0 atom stereocenters. The van der Waals surface area contributed by atoms with E-state index in [2.05, 4.69) is 5.32 Å². The van der Waals surface area contributed by atoms with Crippen molar-refractivity contribution in [2.24, 2.45) is 0 Å². The van der Waals surface area contributed by atoms with Gasteiger partial charge in [-0.15, -0.1) is 0 Å². The van der Waals surface area contributed by atoms with Gasteiger partial charge < -0.3 is 19.7 Å². The topological polar surface area (TPSA) is 67.9 Å². The minimum atomic E-state index is -0.350. The van der Waals surface area contributed by atoms with Crippen molar-refractivity contribution in [1.29, 1.82) is 0 Å². The standard InChI is InChI=1S/C19H19ClN2O4/c1-25-17-7-6-13(12-15(17)20)18(23)21-16-5-3-2-4-14(16)19(24)22-8-10-26-11-9-22/h2-7,12H,8-11H2,1H3,(H,21,23). The van der Waals surface area contributed by atoms with Gasteiger partial charge in [-0.3, -0.25) is 9.59 Å². The van der Waals surface area contributed by atoms with Gasteiger partial charge in [0.2, 0.25) is 0 Å². The lowest BCUT2D eigenvalue weighted by Gasteiger charge is -2.27. The number of carbonyl (C=O) groups is 2. The third kappa shape index (κ3) is 3.98. The summed E-state index contributed by atoms with van der Waals surface area (Å²) < 4.78 is 10.4. The van der Waals surface area contributed by atoms with Crippen LogP contribution in [-0.4, -0.2) is 50.1 Å². The molecule has 2 aromatic rings. The van der Waals surface area contributed by atoms with E-state index in [1.807, 2.05) is 0 Å². The summed E-state index contributed by atoms with van der Waals surface area (Å²) in [5.74, 6) is 0.0138. The number of carbonyl (C=O) groups excluding carboxylic acids is 2. The third-order valence-electron chi connectivity index (χ3n) is 4.12. The van der Waals surface area contributed by atoms with Crippen molar-refractivity contribution in [2.45, 2.75) is 0 Å². The number of hydrogen-bond acceptors (Lipinski definition) is 4. The molecule has 6 nitrogen and oxygen atoms in total. The van der Waals surface area contributed by atoms with E-state index >= 15 is 0 Å². The molecule has 0 unspecified atom stereocenters. The Morgan fingerprint density at radius 1 is 1.15 bits per heavy atom. The Bertz CT molecular complexity index is 819. The number of para-hydroxylation sites is 1. The van der Waals surface area contributed by atoms with Crippen molar-refractivity contribution in [3.05, 3.63) is 58.6 Å². The zero-order chi connectivity index (χ0) is 18.5. The molecule has 3 rings (SSSR count). The summed E-state index contributed by atoms with van der Waals surface area (Å²) in [6.45, 7) is 2.11. The lowest BCUT2D eigenvalue weighted by Crippen LogP contribution is -2.41. The fourth-order valence-electron chi connectivity index (χ4n) is 2.72. The fraction of sp³-hybridized carbons (Fsp3) is 0.263. The fourth-order valence-corrected chi connectivity index (χ4v) is 2.98. The lowest BCUT2D eigenvalue weighted by atomic mass is 10.1. The van der Waals surface area contributed by atoms with Gasteiger partial charge in [0, 0.05) is 18.7 Å². The van der Waals surface area contributed by atoms with Crippen LogP contribution in [0.5, 0.6) is 5.75 Å². The Labute approximate surface area is 156 Å². The molecule has 0 radical (unpaired) electrons. The first-order chi connectivity index (χ1) is 12.6. The van der Waals surface area contributed by atoms with E-state index in [0.29, 0.717) is 53.9 Å². The maximum atomic E-state index is 12.8. The Morgan fingerprint density at radius 3 is 2.58 bits per heavy atom. The molecule has 0 bridgehead atoms. The van der Waals surface area contributed by atoms with Gasteiger partial charge in [0.15, 0.2) is 0 Å². The smallest absolute Gasteiger partial charge is 0.256 e. The second-order valence-electron chi connectivity index (χ2n) is 5.75. The van der Waals surface area contributed by atoms with E-state index in [0.717, 1.165) is 0 Å². The van der Waals surface area contributed by atoms with Crippen molar-refractivity contribution in [3.8, 4) is 5.75 Å². The molecule has 2 amide bonds. The minimum Gasteiger partial charge on any atom is -0.495 e. The molecular weight excluding hydrogens is 356 g/mol. The van der Waals surface area contributed by atoms with Gasteiger partial charge in [-0.25, -0.2) is 0 Å². The Balaban J connectivity index is 1.80. The van der Waals surface area contributed by atoms with E-state index in [-0.39, 0.29) is 11.8 Å². The molecule has 0 aromatic heterocycles. The molecule has 1 N–H and O–H groups in total. The number of amides is 2. The lowest BCUT2D eigenvalue weighted by molar-refractivity contribution is 0.0303. The van der Waals surface area contributed by atoms with Gasteiger partial charge in [-0.1, -0.05) is 23.7 Å². The van der Waals surface area contributed by atoms with Crippen molar-refractivity contribution in [3.63, 3.8) is 0 Å². The average Bonchev–Trinajstić information content (AvgIpc) is 2.68. The average molecular weight is 375 g/mol. The number of ether oxygens (including phenoxy) is 2. The highest BCUT2D eigenvalue weighted by atomic mass is 35.5. The number of halogens is 1. The maximum Gasteiger partial charge on any atom is 0.256 e. The predicted octanol–water partition coefficient (Wildman–Crippen LogP) is 3.07. The van der Waals surface area contributed by atoms with Crippen LogP contribution in [0.15, 0.2) is 42.5 Å². The number of benzene rings is 2. The van der Waals surface area contributed by atoms with Crippen molar-refractivity contribution in [2.75, 3.05) is 38.7 Å².